The Kier molecular flexibility index (Phi) is 7.67. The maximum Gasteiger partial charge on any atom is 0.301 e. The van der Waals surface area contributed by atoms with E-state index in [0.717, 1.165) is 16.3 Å². The summed E-state index contributed by atoms with van der Waals surface area (Å²) in [5.74, 6) is -1.39. The summed E-state index contributed by atoms with van der Waals surface area (Å²) in [6.45, 7) is 3.79. The van der Waals surface area contributed by atoms with E-state index in [2.05, 4.69) is 39.4 Å². The fraction of sp³-hybridized carbons (Fsp3) is 0.147. The SMILES string of the molecule is CCOc1cc(C2/C(=C(\O)c3c(C)nc4ccccn34)C(=O)C(=O)N2c2nnc(SCc3cccc4ccccc34)s2)ccc1O. The topological polar surface area (TPSA) is 130 Å². The Morgan fingerprint density at radius 1 is 1.02 bits per heavy atom. The zero-order valence-electron chi connectivity index (χ0n) is 24.7. The molecular formula is C34H27N5O5S2. The van der Waals surface area contributed by atoms with Crippen LogP contribution in [0.2, 0.25) is 0 Å². The summed E-state index contributed by atoms with van der Waals surface area (Å²) in [5.41, 5.74) is 2.80. The maximum absolute atomic E-state index is 13.8. The molecule has 1 aliphatic rings. The zero-order valence-corrected chi connectivity index (χ0v) is 26.4. The van der Waals surface area contributed by atoms with Crippen molar-refractivity contribution in [1.82, 2.24) is 19.6 Å². The molecule has 0 radical (unpaired) electrons. The van der Waals surface area contributed by atoms with Crippen LogP contribution in [0.1, 0.15) is 35.5 Å². The van der Waals surface area contributed by atoms with E-state index >= 15 is 0 Å². The number of aromatic nitrogens is 4. The molecule has 0 spiro atoms. The molecule has 0 aliphatic carbocycles. The number of rotatable bonds is 8. The Balaban J connectivity index is 1.32. The number of carbonyl (C=O) groups is 2. The van der Waals surface area contributed by atoms with Crippen molar-refractivity contribution in [2.24, 2.45) is 0 Å². The number of thioether (sulfide) groups is 1. The van der Waals surface area contributed by atoms with Crippen LogP contribution in [0.4, 0.5) is 5.13 Å². The van der Waals surface area contributed by atoms with Crippen LogP contribution in [0.5, 0.6) is 11.5 Å². The van der Waals surface area contributed by atoms with Crippen molar-refractivity contribution in [2.45, 2.75) is 30.0 Å². The molecule has 4 heterocycles. The molecule has 46 heavy (non-hydrogen) atoms. The van der Waals surface area contributed by atoms with Gasteiger partial charge in [0.2, 0.25) is 5.13 Å². The molecule has 0 bridgehead atoms. The molecule has 1 atom stereocenters. The Hall–Kier alpha value is -5.20. The minimum atomic E-state index is -1.09. The number of benzene rings is 3. The van der Waals surface area contributed by atoms with Crippen LogP contribution < -0.4 is 9.64 Å². The highest BCUT2D eigenvalue weighted by Crippen LogP contribution is 2.46. The molecule has 7 rings (SSSR count). The maximum atomic E-state index is 13.8. The number of phenolic OH excluding ortho intramolecular Hbond substituents is 1. The number of nitrogens with zero attached hydrogens (tertiary/aromatic N) is 5. The predicted octanol–water partition coefficient (Wildman–Crippen LogP) is 6.67. The molecule has 3 aromatic carbocycles. The van der Waals surface area contributed by atoms with Gasteiger partial charge in [-0.15, -0.1) is 10.2 Å². The summed E-state index contributed by atoms with van der Waals surface area (Å²) in [5, 5.41) is 33.4. The normalized spacial score (nSPS) is 16.1. The zero-order chi connectivity index (χ0) is 31.9. The monoisotopic (exact) mass is 649 g/mol. The van der Waals surface area contributed by atoms with Crippen molar-refractivity contribution in [3.8, 4) is 11.5 Å². The number of pyridine rings is 1. The molecule has 1 unspecified atom stereocenters. The first-order valence-electron chi connectivity index (χ1n) is 14.5. The van der Waals surface area contributed by atoms with Crippen molar-refractivity contribution in [1.29, 1.82) is 0 Å². The molecule has 230 valence electrons. The fourth-order valence-corrected chi connectivity index (χ4v) is 7.63. The average molecular weight is 650 g/mol. The minimum Gasteiger partial charge on any atom is -0.505 e. The number of carbonyl (C=O) groups excluding carboxylic acids is 2. The molecule has 3 aromatic heterocycles. The summed E-state index contributed by atoms with van der Waals surface area (Å²) in [6, 6.07) is 23.2. The van der Waals surface area contributed by atoms with E-state index in [9.17, 15) is 19.8 Å². The first-order valence-corrected chi connectivity index (χ1v) is 16.3. The van der Waals surface area contributed by atoms with Gasteiger partial charge in [0.05, 0.1) is 23.9 Å². The number of fused-ring (bicyclic) bond motifs is 2. The van der Waals surface area contributed by atoms with E-state index in [-0.39, 0.29) is 34.6 Å². The van der Waals surface area contributed by atoms with Crippen LogP contribution in [-0.4, -0.2) is 48.1 Å². The van der Waals surface area contributed by atoms with Gasteiger partial charge in [0.1, 0.15) is 11.3 Å². The molecule has 1 aliphatic heterocycles. The number of hydrogen-bond donors (Lipinski definition) is 2. The van der Waals surface area contributed by atoms with Gasteiger partial charge >= 0.3 is 5.91 Å². The van der Waals surface area contributed by atoms with Gasteiger partial charge in [-0.05, 0) is 60.0 Å². The number of aromatic hydroxyl groups is 1. The van der Waals surface area contributed by atoms with Crippen molar-refractivity contribution < 1.29 is 24.5 Å². The second-order valence-electron chi connectivity index (χ2n) is 10.6. The first-order chi connectivity index (χ1) is 22.4. The first kappa shape index (κ1) is 29.5. The van der Waals surface area contributed by atoms with Crippen LogP contribution in [0, 0.1) is 6.92 Å². The van der Waals surface area contributed by atoms with Crippen LogP contribution in [0.25, 0.3) is 22.2 Å². The van der Waals surface area contributed by atoms with Crippen molar-refractivity contribution in [2.75, 3.05) is 11.5 Å². The number of aryl methyl sites for hydroxylation is 1. The van der Waals surface area contributed by atoms with Crippen molar-refractivity contribution >= 4 is 62.1 Å². The number of amides is 1. The second-order valence-corrected chi connectivity index (χ2v) is 12.8. The number of aliphatic hydroxyl groups is 1. The van der Waals surface area contributed by atoms with E-state index in [1.165, 1.54) is 34.1 Å². The number of Topliss-reactive ketones (excluding diaryl/α,β-unsaturated/α-hetero) is 1. The molecule has 1 amide bonds. The number of imidazole rings is 1. The molecule has 1 saturated heterocycles. The number of phenols is 1. The molecule has 12 heteroatoms. The van der Waals surface area contributed by atoms with E-state index in [1.54, 1.807) is 48.7 Å². The molecule has 1 fully saturated rings. The van der Waals surface area contributed by atoms with Gasteiger partial charge in [0.25, 0.3) is 5.78 Å². The van der Waals surface area contributed by atoms with Gasteiger partial charge in [-0.25, -0.2) is 4.98 Å². The Labute approximate surface area is 271 Å². The van der Waals surface area contributed by atoms with Gasteiger partial charge in [-0.2, -0.15) is 0 Å². The molecule has 2 N–H and O–H groups in total. The van der Waals surface area contributed by atoms with Crippen molar-refractivity contribution in [3.05, 3.63) is 113 Å². The van der Waals surface area contributed by atoms with Crippen LogP contribution in [-0.2, 0) is 15.3 Å². The van der Waals surface area contributed by atoms with Gasteiger partial charge in [0, 0.05) is 11.9 Å². The summed E-state index contributed by atoms with van der Waals surface area (Å²) in [6.07, 6.45) is 1.73. The fourth-order valence-electron chi connectivity index (χ4n) is 5.76. The summed E-state index contributed by atoms with van der Waals surface area (Å²) in [4.78, 5) is 33.4. The van der Waals surface area contributed by atoms with Crippen LogP contribution in [0.15, 0.2) is 95.0 Å². The van der Waals surface area contributed by atoms with Gasteiger partial charge < -0.3 is 14.9 Å². The number of ketones is 1. The third-order valence-electron chi connectivity index (χ3n) is 7.81. The highest BCUT2D eigenvalue weighted by molar-refractivity contribution is 8.00. The number of hydrogen-bond acceptors (Lipinski definition) is 10. The average Bonchev–Trinajstić information content (AvgIpc) is 3.74. The van der Waals surface area contributed by atoms with E-state index in [4.69, 9.17) is 4.74 Å². The lowest BCUT2D eigenvalue weighted by Crippen LogP contribution is -2.29. The summed E-state index contributed by atoms with van der Waals surface area (Å²) < 4.78 is 7.91. The Bertz CT molecular complexity index is 2180. The lowest BCUT2D eigenvalue weighted by atomic mass is 9.96. The lowest BCUT2D eigenvalue weighted by molar-refractivity contribution is -0.132. The van der Waals surface area contributed by atoms with Crippen LogP contribution in [0.3, 0.4) is 0 Å². The summed E-state index contributed by atoms with van der Waals surface area (Å²) >= 11 is 2.67. The molecule has 0 saturated carbocycles. The highest BCUT2D eigenvalue weighted by atomic mass is 32.2. The molecule has 6 aromatic rings. The van der Waals surface area contributed by atoms with Gasteiger partial charge in [-0.3, -0.25) is 18.9 Å². The van der Waals surface area contributed by atoms with Gasteiger partial charge in [-0.1, -0.05) is 77.7 Å². The van der Waals surface area contributed by atoms with Gasteiger partial charge in [0.15, 0.2) is 21.6 Å². The van der Waals surface area contributed by atoms with Crippen molar-refractivity contribution in [3.63, 3.8) is 0 Å². The number of anilines is 1. The highest BCUT2D eigenvalue weighted by Gasteiger charge is 2.49. The quantitative estimate of drug-likeness (QED) is 0.0610. The number of aliphatic hydroxyl groups excluding tert-OH is 1. The van der Waals surface area contributed by atoms with E-state index in [0.29, 0.717) is 32.7 Å². The van der Waals surface area contributed by atoms with E-state index in [1.807, 2.05) is 24.3 Å². The van der Waals surface area contributed by atoms with E-state index < -0.39 is 17.7 Å². The largest absolute Gasteiger partial charge is 0.505 e. The molecular weight excluding hydrogens is 623 g/mol. The third kappa shape index (κ3) is 5.05. The summed E-state index contributed by atoms with van der Waals surface area (Å²) in [7, 11) is 0. The standard InChI is InChI=1S/C34H27N5O5S2/c1-3-44-25-17-21(14-15-24(25)40)29-27(30(41)28-19(2)35-26-13-6-7-16-38(26)28)31(42)32(43)39(29)33-36-37-34(46-33)45-18-22-11-8-10-20-9-4-5-12-23(20)22/h4-17,29,40-41H,3,18H2,1-2H3/b30-27+. The third-order valence-corrected chi connectivity index (χ3v) is 9.91. The second kappa shape index (κ2) is 12.0. The lowest BCUT2D eigenvalue weighted by Gasteiger charge is -2.23. The smallest absolute Gasteiger partial charge is 0.301 e. The predicted molar refractivity (Wildman–Crippen MR) is 177 cm³/mol. The molecule has 10 nitrogen and oxygen atoms in total. The minimum absolute atomic E-state index is 0.0942. The Morgan fingerprint density at radius 2 is 1.83 bits per heavy atom. The Morgan fingerprint density at radius 3 is 2.67 bits per heavy atom. The van der Waals surface area contributed by atoms with Crippen LogP contribution >= 0.6 is 23.1 Å². The number of ether oxygens (including phenoxy) is 1.